The van der Waals surface area contributed by atoms with Crippen molar-refractivity contribution in [3.63, 3.8) is 0 Å². The standard InChI is InChI=1S/C13H20ClN3OSi/c1-10-15-11-5-6-12(14)16-13(11)17(10)9-18-7-8-19(2,3)4/h5-6H,7-9H2,1-4H3. The fraction of sp³-hybridized carbons (Fsp3) is 0.538. The minimum atomic E-state index is -1.04. The average Bonchev–Trinajstić information content (AvgIpc) is 2.59. The van der Waals surface area contributed by atoms with Gasteiger partial charge >= 0.3 is 0 Å². The van der Waals surface area contributed by atoms with Gasteiger partial charge in [0.2, 0.25) is 0 Å². The molecule has 0 radical (unpaired) electrons. The molecule has 0 aliphatic heterocycles. The number of imidazole rings is 1. The molecule has 0 spiro atoms. The third-order valence-corrected chi connectivity index (χ3v) is 4.88. The number of ether oxygens (including phenoxy) is 1. The van der Waals surface area contributed by atoms with Crippen molar-refractivity contribution < 1.29 is 4.74 Å². The van der Waals surface area contributed by atoms with Crippen LogP contribution < -0.4 is 0 Å². The molecule has 0 bridgehead atoms. The first-order valence-electron chi connectivity index (χ1n) is 6.44. The second-order valence-corrected chi connectivity index (χ2v) is 11.9. The minimum Gasteiger partial charge on any atom is -0.361 e. The van der Waals surface area contributed by atoms with E-state index in [4.69, 9.17) is 16.3 Å². The maximum atomic E-state index is 5.93. The molecule has 19 heavy (non-hydrogen) atoms. The molecular formula is C13H20ClN3OSi. The summed E-state index contributed by atoms with van der Waals surface area (Å²) >= 11 is 5.93. The summed E-state index contributed by atoms with van der Waals surface area (Å²) in [4.78, 5) is 8.77. The van der Waals surface area contributed by atoms with E-state index in [9.17, 15) is 0 Å². The Hall–Kier alpha value is -0.913. The number of fused-ring (bicyclic) bond motifs is 1. The van der Waals surface area contributed by atoms with Crippen molar-refractivity contribution in [3.8, 4) is 0 Å². The van der Waals surface area contributed by atoms with Crippen molar-refractivity contribution >= 4 is 30.8 Å². The van der Waals surface area contributed by atoms with Gasteiger partial charge in [0.15, 0.2) is 5.65 Å². The first-order valence-corrected chi connectivity index (χ1v) is 10.5. The Morgan fingerprint density at radius 3 is 2.68 bits per heavy atom. The summed E-state index contributed by atoms with van der Waals surface area (Å²) in [5.41, 5.74) is 1.65. The maximum absolute atomic E-state index is 5.93. The molecule has 104 valence electrons. The van der Waals surface area contributed by atoms with Crippen molar-refractivity contribution in [3.05, 3.63) is 23.1 Å². The van der Waals surface area contributed by atoms with Crippen LogP contribution in [-0.4, -0.2) is 29.2 Å². The molecule has 0 saturated heterocycles. The van der Waals surface area contributed by atoms with E-state index in [1.165, 1.54) is 0 Å². The molecule has 0 aliphatic carbocycles. The molecule has 0 fully saturated rings. The predicted molar refractivity (Wildman–Crippen MR) is 81.4 cm³/mol. The molecule has 4 nitrogen and oxygen atoms in total. The Balaban J connectivity index is 2.08. The van der Waals surface area contributed by atoms with E-state index >= 15 is 0 Å². The Bertz CT molecular complexity index is 577. The van der Waals surface area contributed by atoms with E-state index < -0.39 is 8.07 Å². The van der Waals surface area contributed by atoms with E-state index in [1.54, 1.807) is 6.07 Å². The molecule has 2 aromatic rings. The fourth-order valence-electron chi connectivity index (χ4n) is 1.78. The van der Waals surface area contributed by atoms with Crippen molar-refractivity contribution in [2.75, 3.05) is 6.61 Å². The van der Waals surface area contributed by atoms with Crippen LogP contribution in [-0.2, 0) is 11.5 Å². The Kier molecular flexibility index (Phi) is 4.28. The number of halogens is 1. The van der Waals surface area contributed by atoms with Crippen LogP contribution in [0.15, 0.2) is 12.1 Å². The van der Waals surface area contributed by atoms with E-state index in [-0.39, 0.29) is 0 Å². The molecule has 0 aliphatic rings. The lowest BCUT2D eigenvalue weighted by Crippen LogP contribution is -2.22. The fourth-order valence-corrected chi connectivity index (χ4v) is 2.68. The van der Waals surface area contributed by atoms with Gasteiger partial charge in [-0.3, -0.25) is 4.57 Å². The van der Waals surface area contributed by atoms with Crippen LogP contribution in [0.25, 0.3) is 11.2 Å². The zero-order chi connectivity index (χ0) is 14.0. The highest BCUT2D eigenvalue weighted by atomic mass is 35.5. The van der Waals surface area contributed by atoms with Gasteiger partial charge < -0.3 is 4.74 Å². The second kappa shape index (κ2) is 5.61. The maximum Gasteiger partial charge on any atom is 0.163 e. The van der Waals surface area contributed by atoms with Gasteiger partial charge in [-0.2, -0.15) is 0 Å². The lowest BCUT2D eigenvalue weighted by Gasteiger charge is -2.15. The molecular weight excluding hydrogens is 278 g/mol. The van der Waals surface area contributed by atoms with Crippen LogP contribution >= 0.6 is 11.6 Å². The Labute approximate surface area is 119 Å². The molecule has 0 unspecified atom stereocenters. The Morgan fingerprint density at radius 2 is 2.00 bits per heavy atom. The van der Waals surface area contributed by atoms with Gasteiger partial charge in [-0.05, 0) is 25.1 Å². The van der Waals surface area contributed by atoms with Crippen molar-refractivity contribution in [1.29, 1.82) is 0 Å². The van der Waals surface area contributed by atoms with Gasteiger partial charge in [-0.15, -0.1) is 0 Å². The molecule has 2 rings (SSSR count). The third-order valence-electron chi connectivity index (χ3n) is 2.97. The van der Waals surface area contributed by atoms with Crippen LogP contribution in [0.4, 0.5) is 0 Å². The summed E-state index contributed by atoms with van der Waals surface area (Å²) in [7, 11) is -1.04. The quantitative estimate of drug-likeness (QED) is 0.480. The molecule has 0 aromatic carbocycles. The van der Waals surface area contributed by atoms with Crippen LogP contribution in [0.5, 0.6) is 0 Å². The lowest BCUT2D eigenvalue weighted by molar-refractivity contribution is 0.0881. The summed E-state index contributed by atoms with van der Waals surface area (Å²) in [6.07, 6.45) is 0. The van der Waals surface area contributed by atoms with Gasteiger partial charge in [0, 0.05) is 14.7 Å². The van der Waals surface area contributed by atoms with Crippen LogP contribution in [0, 0.1) is 6.92 Å². The van der Waals surface area contributed by atoms with Gasteiger partial charge in [0.05, 0.1) is 0 Å². The third kappa shape index (κ3) is 3.78. The van der Waals surface area contributed by atoms with Crippen LogP contribution in [0.1, 0.15) is 5.82 Å². The summed E-state index contributed by atoms with van der Waals surface area (Å²) in [5.74, 6) is 0.901. The van der Waals surface area contributed by atoms with Gasteiger partial charge in [-0.1, -0.05) is 31.2 Å². The number of rotatable bonds is 5. The normalized spacial score (nSPS) is 12.3. The summed E-state index contributed by atoms with van der Waals surface area (Å²) in [6, 6.07) is 4.80. The van der Waals surface area contributed by atoms with Crippen molar-refractivity contribution in [1.82, 2.24) is 14.5 Å². The highest BCUT2D eigenvalue weighted by Gasteiger charge is 2.13. The van der Waals surface area contributed by atoms with E-state index in [0.29, 0.717) is 11.9 Å². The molecule has 2 aromatic heterocycles. The highest BCUT2D eigenvalue weighted by molar-refractivity contribution is 6.76. The molecule has 0 saturated carbocycles. The SMILES string of the molecule is Cc1nc2ccc(Cl)nc2n1COCC[Si](C)(C)C. The number of hydrogen-bond donors (Lipinski definition) is 0. The first-order chi connectivity index (χ1) is 8.87. The molecule has 2 heterocycles. The number of pyridine rings is 1. The zero-order valence-corrected chi connectivity index (χ0v) is 13.7. The molecule has 0 N–H and O–H groups in total. The van der Waals surface area contributed by atoms with Gasteiger partial charge in [0.1, 0.15) is 23.2 Å². The van der Waals surface area contributed by atoms with Crippen molar-refractivity contribution in [2.24, 2.45) is 0 Å². The van der Waals surface area contributed by atoms with E-state index in [2.05, 4.69) is 29.6 Å². The Morgan fingerprint density at radius 1 is 1.26 bits per heavy atom. The van der Waals surface area contributed by atoms with Crippen LogP contribution in [0.2, 0.25) is 30.8 Å². The number of aromatic nitrogens is 3. The van der Waals surface area contributed by atoms with E-state index in [1.807, 2.05) is 17.6 Å². The topological polar surface area (TPSA) is 39.9 Å². The number of hydrogen-bond acceptors (Lipinski definition) is 3. The van der Waals surface area contributed by atoms with Gasteiger partial charge in [-0.25, -0.2) is 9.97 Å². The van der Waals surface area contributed by atoms with Crippen molar-refractivity contribution in [2.45, 2.75) is 39.3 Å². The largest absolute Gasteiger partial charge is 0.361 e. The molecule has 6 heteroatoms. The monoisotopic (exact) mass is 297 g/mol. The summed E-state index contributed by atoms with van der Waals surface area (Å²) in [5, 5.41) is 0.482. The predicted octanol–water partition coefficient (Wildman–Crippen LogP) is 3.71. The van der Waals surface area contributed by atoms with Gasteiger partial charge in [0.25, 0.3) is 0 Å². The lowest BCUT2D eigenvalue weighted by atomic mass is 10.4. The molecule has 0 atom stereocenters. The number of aryl methyl sites for hydroxylation is 1. The summed E-state index contributed by atoms with van der Waals surface area (Å²) in [6.45, 7) is 10.3. The number of nitrogens with zero attached hydrogens (tertiary/aromatic N) is 3. The second-order valence-electron chi connectivity index (χ2n) is 5.91. The first kappa shape index (κ1) is 14.5. The smallest absolute Gasteiger partial charge is 0.163 e. The average molecular weight is 298 g/mol. The van der Waals surface area contributed by atoms with Crippen LogP contribution in [0.3, 0.4) is 0 Å². The van der Waals surface area contributed by atoms with E-state index in [0.717, 1.165) is 29.6 Å². The summed E-state index contributed by atoms with van der Waals surface area (Å²) < 4.78 is 7.72. The minimum absolute atomic E-state index is 0.482. The highest BCUT2D eigenvalue weighted by Crippen LogP contribution is 2.17. The molecule has 0 amide bonds. The zero-order valence-electron chi connectivity index (χ0n) is 11.9.